The minimum atomic E-state index is -0.655. The fourth-order valence-corrected chi connectivity index (χ4v) is 3.47. The molecule has 1 N–H and O–H groups in total. The van der Waals surface area contributed by atoms with Gasteiger partial charge >= 0.3 is 6.09 Å². The first-order chi connectivity index (χ1) is 13.6. The summed E-state index contributed by atoms with van der Waals surface area (Å²) in [5.74, 6) is 0.0519. The number of hydrogen-bond donors (Lipinski definition) is 1. The maximum atomic E-state index is 12.8. The van der Waals surface area contributed by atoms with Gasteiger partial charge in [-0.2, -0.15) is 9.61 Å². The summed E-state index contributed by atoms with van der Waals surface area (Å²) in [5, 5.41) is 7.38. The highest BCUT2D eigenvalue weighted by Crippen LogP contribution is 2.25. The van der Waals surface area contributed by atoms with E-state index in [1.807, 2.05) is 0 Å². The summed E-state index contributed by atoms with van der Waals surface area (Å²) in [7, 11) is 3.22. The van der Waals surface area contributed by atoms with Crippen LogP contribution in [0.3, 0.4) is 0 Å². The number of hydrogen-bond acceptors (Lipinski definition) is 6. The Morgan fingerprint density at radius 1 is 1.34 bits per heavy atom. The van der Waals surface area contributed by atoms with Gasteiger partial charge in [0.05, 0.1) is 12.3 Å². The lowest BCUT2D eigenvalue weighted by Gasteiger charge is -2.24. The van der Waals surface area contributed by atoms with Crippen molar-refractivity contribution in [1.29, 1.82) is 0 Å². The third kappa shape index (κ3) is 4.79. The van der Waals surface area contributed by atoms with Crippen LogP contribution in [0.4, 0.5) is 10.6 Å². The van der Waals surface area contributed by atoms with Gasteiger partial charge < -0.3 is 14.8 Å². The lowest BCUT2D eigenvalue weighted by atomic mass is 10.2. The van der Waals surface area contributed by atoms with Crippen molar-refractivity contribution in [2.45, 2.75) is 57.8 Å². The Kier molecular flexibility index (Phi) is 6.00. The zero-order valence-corrected chi connectivity index (χ0v) is 18.0. The Balaban J connectivity index is 1.87. The standard InChI is InChI=1S/C19H26ClN5O4/c1-19(2,3)29-18(27)24(4)15-9-14(20)23-16-13(10-21-25(15)16)17(26)22-11-6-7-12(8-11)28-5/h9-12H,6-8H2,1-5H3,(H,22,26)/t11-,12-/m1/s1. The van der Waals surface area contributed by atoms with E-state index in [9.17, 15) is 9.59 Å². The molecule has 0 aromatic carbocycles. The van der Waals surface area contributed by atoms with Gasteiger partial charge in [0, 0.05) is 26.3 Å². The molecule has 0 aliphatic heterocycles. The van der Waals surface area contributed by atoms with Crippen molar-refractivity contribution >= 4 is 35.1 Å². The zero-order valence-electron chi connectivity index (χ0n) is 17.2. The zero-order chi connectivity index (χ0) is 21.3. The molecule has 0 saturated heterocycles. The van der Waals surface area contributed by atoms with Crippen LogP contribution in [0.2, 0.25) is 5.15 Å². The number of methoxy groups -OCH3 is 1. The normalized spacial score (nSPS) is 19.4. The Morgan fingerprint density at radius 2 is 2.07 bits per heavy atom. The molecule has 2 heterocycles. The van der Waals surface area contributed by atoms with E-state index in [0.29, 0.717) is 5.82 Å². The van der Waals surface area contributed by atoms with Gasteiger partial charge in [-0.1, -0.05) is 11.6 Å². The Morgan fingerprint density at radius 3 is 2.69 bits per heavy atom. The Labute approximate surface area is 174 Å². The number of fused-ring (bicyclic) bond motifs is 1. The summed E-state index contributed by atoms with van der Waals surface area (Å²) in [6.07, 6.45) is 3.53. The van der Waals surface area contributed by atoms with E-state index in [1.165, 1.54) is 21.7 Å². The van der Waals surface area contributed by atoms with Crippen molar-refractivity contribution in [3.05, 3.63) is 23.0 Å². The third-order valence-electron chi connectivity index (χ3n) is 4.73. The van der Waals surface area contributed by atoms with Crippen molar-refractivity contribution in [3.63, 3.8) is 0 Å². The topological polar surface area (TPSA) is 98.1 Å². The smallest absolute Gasteiger partial charge is 0.415 e. The van der Waals surface area contributed by atoms with Gasteiger partial charge in [0.2, 0.25) is 0 Å². The van der Waals surface area contributed by atoms with Gasteiger partial charge in [0.15, 0.2) is 5.65 Å². The van der Waals surface area contributed by atoms with Crippen LogP contribution in [0.15, 0.2) is 12.3 Å². The summed E-state index contributed by atoms with van der Waals surface area (Å²) in [5.41, 5.74) is -0.105. The molecule has 0 radical (unpaired) electrons. The monoisotopic (exact) mass is 423 g/mol. The molecule has 2 aromatic rings. The van der Waals surface area contributed by atoms with Crippen LogP contribution in [0.5, 0.6) is 0 Å². The highest BCUT2D eigenvalue weighted by molar-refractivity contribution is 6.30. The Bertz CT molecular complexity index is 923. The van der Waals surface area contributed by atoms with E-state index >= 15 is 0 Å². The molecule has 1 fully saturated rings. The van der Waals surface area contributed by atoms with E-state index in [-0.39, 0.29) is 34.4 Å². The third-order valence-corrected chi connectivity index (χ3v) is 4.92. The molecule has 1 saturated carbocycles. The van der Waals surface area contributed by atoms with Crippen LogP contribution in [0.1, 0.15) is 50.4 Å². The Hall–Kier alpha value is -2.39. The fraction of sp³-hybridized carbons (Fsp3) is 0.579. The molecular formula is C19H26ClN5O4. The fourth-order valence-electron chi connectivity index (χ4n) is 3.29. The van der Waals surface area contributed by atoms with E-state index in [0.717, 1.165) is 19.3 Å². The van der Waals surface area contributed by atoms with Gasteiger partial charge in [-0.15, -0.1) is 0 Å². The van der Waals surface area contributed by atoms with E-state index in [2.05, 4.69) is 15.4 Å². The molecule has 9 nitrogen and oxygen atoms in total. The molecule has 0 bridgehead atoms. The summed E-state index contributed by atoms with van der Waals surface area (Å²) in [4.78, 5) is 30.8. The number of nitrogens with one attached hydrogen (secondary N) is 1. The number of amides is 2. The summed E-state index contributed by atoms with van der Waals surface area (Å²) < 4.78 is 12.1. The van der Waals surface area contributed by atoms with Crippen molar-refractivity contribution in [2.24, 2.45) is 0 Å². The lowest BCUT2D eigenvalue weighted by molar-refractivity contribution is 0.0587. The molecule has 2 atom stereocenters. The molecular weight excluding hydrogens is 398 g/mol. The predicted molar refractivity (Wildman–Crippen MR) is 109 cm³/mol. The van der Waals surface area contributed by atoms with Gasteiger partial charge in [0.25, 0.3) is 5.91 Å². The van der Waals surface area contributed by atoms with Crippen molar-refractivity contribution in [3.8, 4) is 0 Å². The van der Waals surface area contributed by atoms with Crippen LogP contribution >= 0.6 is 11.6 Å². The first-order valence-electron chi connectivity index (χ1n) is 9.43. The van der Waals surface area contributed by atoms with Gasteiger partial charge in [0.1, 0.15) is 22.1 Å². The number of anilines is 1. The highest BCUT2D eigenvalue weighted by Gasteiger charge is 2.28. The molecule has 1 aliphatic carbocycles. The second kappa shape index (κ2) is 8.16. The van der Waals surface area contributed by atoms with Crippen molar-refractivity contribution in [2.75, 3.05) is 19.1 Å². The molecule has 158 valence electrons. The van der Waals surface area contributed by atoms with Gasteiger partial charge in [-0.25, -0.2) is 9.78 Å². The molecule has 0 spiro atoms. The largest absolute Gasteiger partial charge is 0.443 e. The number of carbonyl (C=O) groups excluding carboxylic acids is 2. The minimum Gasteiger partial charge on any atom is -0.443 e. The number of carbonyl (C=O) groups is 2. The first kappa shape index (κ1) is 21.3. The van der Waals surface area contributed by atoms with Crippen molar-refractivity contribution in [1.82, 2.24) is 19.9 Å². The van der Waals surface area contributed by atoms with Crippen LogP contribution in [0.25, 0.3) is 5.65 Å². The molecule has 2 aromatic heterocycles. The van der Waals surface area contributed by atoms with Crippen molar-refractivity contribution < 1.29 is 19.1 Å². The van der Waals surface area contributed by atoms with Gasteiger partial charge in [-0.3, -0.25) is 9.69 Å². The summed E-state index contributed by atoms with van der Waals surface area (Å²) in [6.45, 7) is 5.34. The first-order valence-corrected chi connectivity index (χ1v) is 9.81. The maximum Gasteiger partial charge on any atom is 0.415 e. The van der Waals surface area contributed by atoms with Crippen LogP contribution in [-0.4, -0.2) is 58.5 Å². The van der Waals surface area contributed by atoms with Gasteiger partial charge in [-0.05, 0) is 40.0 Å². The quantitative estimate of drug-likeness (QED) is 0.759. The average molecular weight is 424 g/mol. The van der Waals surface area contributed by atoms with Crippen LogP contribution in [0, 0.1) is 0 Å². The second-order valence-electron chi connectivity index (χ2n) is 8.11. The summed E-state index contributed by atoms with van der Waals surface area (Å²) >= 11 is 6.17. The van der Waals surface area contributed by atoms with E-state index in [1.54, 1.807) is 34.9 Å². The molecule has 1 aliphatic rings. The maximum absolute atomic E-state index is 12.8. The molecule has 29 heavy (non-hydrogen) atoms. The van der Waals surface area contributed by atoms with E-state index in [4.69, 9.17) is 21.1 Å². The lowest BCUT2D eigenvalue weighted by Crippen LogP contribution is -2.35. The molecule has 2 amide bonds. The van der Waals surface area contributed by atoms with E-state index < -0.39 is 11.7 Å². The van der Waals surface area contributed by atoms with Crippen LogP contribution in [-0.2, 0) is 9.47 Å². The second-order valence-corrected chi connectivity index (χ2v) is 8.50. The highest BCUT2D eigenvalue weighted by atomic mass is 35.5. The number of ether oxygens (including phenoxy) is 2. The molecule has 10 heteroatoms. The number of aromatic nitrogens is 3. The van der Waals surface area contributed by atoms with Crippen LogP contribution < -0.4 is 10.2 Å². The predicted octanol–water partition coefficient (Wildman–Crippen LogP) is 3.05. The number of rotatable bonds is 4. The molecule has 0 unspecified atom stereocenters. The SMILES string of the molecule is CO[C@@H]1CC[C@@H](NC(=O)c2cnn3c(N(C)C(=O)OC(C)(C)C)cc(Cl)nc23)C1. The molecule has 3 rings (SSSR count). The summed E-state index contributed by atoms with van der Waals surface area (Å²) in [6, 6.07) is 1.53. The average Bonchev–Trinajstić information content (AvgIpc) is 3.25. The number of halogens is 1. The number of nitrogens with zero attached hydrogens (tertiary/aromatic N) is 4. The minimum absolute atomic E-state index is 0.0329.